The molecule has 0 aliphatic heterocycles. The Hall–Kier alpha value is -1.88. The lowest BCUT2D eigenvalue weighted by Gasteiger charge is -2.24. The third-order valence-corrected chi connectivity index (χ3v) is 4.30. The Labute approximate surface area is 124 Å². The highest BCUT2D eigenvalue weighted by Crippen LogP contribution is 2.27. The molecule has 0 saturated heterocycles. The van der Waals surface area contributed by atoms with Gasteiger partial charge >= 0.3 is 5.97 Å². The van der Waals surface area contributed by atoms with Crippen LogP contribution in [0.2, 0.25) is 0 Å². The van der Waals surface area contributed by atoms with E-state index in [1.807, 2.05) is 30.3 Å². The van der Waals surface area contributed by atoms with Gasteiger partial charge in [0.1, 0.15) is 0 Å². The van der Waals surface area contributed by atoms with E-state index < -0.39 is 23.8 Å². The first-order valence-corrected chi connectivity index (χ1v) is 7.34. The van der Waals surface area contributed by atoms with Crippen LogP contribution in [0.3, 0.4) is 0 Å². The minimum atomic E-state index is -0.835. The molecule has 5 nitrogen and oxygen atoms in total. The van der Waals surface area contributed by atoms with Crippen molar-refractivity contribution in [2.24, 2.45) is 17.6 Å². The largest absolute Gasteiger partial charge is 0.481 e. The summed E-state index contributed by atoms with van der Waals surface area (Å²) in [5, 5.41) is 12.0. The highest BCUT2D eigenvalue weighted by atomic mass is 16.4. The number of nitrogens with one attached hydrogen (secondary N) is 1. The van der Waals surface area contributed by atoms with Crippen LogP contribution >= 0.6 is 0 Å². The predicted molar refractivity (Wildman–Crippen MR) is 79.4 cm³/mol. The Bertz CT molecular complexity index is 504. The van der Waals surface area contributed by atoms with E-state index >= 15 is 0 Å². The van der Waals surface area contributed by atoms with Crippen molar-refractivity contribution in [1.29, 1.82) is 0 Å². The van der Waals surface area contributed by atoms with Gasteiger partial charge < -0.3 is 16.2 Å². The highest BCUT2D eigenvalue weighted by molar-refractivity contribution is 5.81. The Morgan fingerprint density at radius 2 is 1.95 bits per heavy atom. The van der Waals surface area contributed by atoms with Crippen molar-refractivity contribution in [3.63, 3.8) is 0 Å². The van der Waals surface area contributed by atoms with Gasteiger partial charge in [0.2, 0.25) is 5.91 Å². The average molecular weight is 290 g/mol. The lowest BCUT2D eigenvalue weighted by Crippen LogP contribution is -2.44. The fourth-order valence-corrected chi connectivity index (χ4v) is 2.87. The summed E-state index contributed by atoms with van der Waals surface area (Å²) in [6, 6.07) is 8.79. The number of hydrogen-bond acceptors (Lipinski definition) is 3. The second kappa shape index (κ2) is 6.72. The van der Waals surface area contributed by atoms with Crippen LogP contribution in [0, 0.1) is 11.8 Å². The Kier molecular flexibility index (Phi) is 4.96. The van der Waals surface area contributed by atoms with Gasteiger partial charge in [-0.25, -0.2) is 0 Å². The van der Waals surface area contributed by atoms with E-state index in [-0.39, 0.29) is 11.9 Å². The van der Waals surface area contributed by atoms with Crippen molar-refractivity contribution in [2.45, 2.75) is 38.3 Å². The molecule has 21 heavy (non-hydrogen) atoms. The molecule has 1 aliphatic carbocycles. The minimum absolute atomic E-state index is 0.176. The SMILES string of the molecule is CC(C(=O)NC1CCCC1C(=O)O)C(N)c1ccccc1. The van der Waals surface area contributed by atoms with Crippen LogP contribution in [0.25, 0.3) is 0 Å². The fourth-order valence-electron chi connectivity index (χ4n) is 2.87. The zero-order chi connectivity index (χ0) is 15.4. The average Bonchev–Trinajstić information content (AvgIpc) is 2.95. The van der Waals surface area contributed by atoms with Crippen LogP contribution in [-0.2, 0) is 9.59 Å². The molecule has 1 fully saturated rings. The van der Waals surface area contributed by atoms with Gasteiger partial charge in [-0.3, -0.25) is 9.59 Å². The molecule has 4 N–H and O–H groups in total. The molecule has 4 unspecified atom stereocenters. The summed E-state index contributed by atoms with van der Waals surface area (Å²) in [6.07, 6.45) is 2.18. The number of rotatable bonds is 5. The van der Waals surface area contributed by atoms with Crippen LogP contribution in [-0.4, -0.2) is 23.0 Å². The third-order valence-electron chi connectivity index (χ3n) is 4.30. The number of aliphatic carboxylic acids is 1. The second-order valence-electron chi connectivity index (χ2n) is 5.72. The van der Waals surface area contributed by atoms with Crippen LogP contribution in [0.5, 0.6) is 0 Å². The second-order valence-corrected chi connectivity index (χ2v) is 5.72. The van der Waals surface area contributed by atoms with Gasteiger partial charge in [-0.05, 0) is 18.4 Å². The van der Waals surface area contributed by atoms with Gasteiger partial charge in [0.05, 0.1) is 11.8 Å². The van der Waals surface area contributed by atoms with Crippen molar-refractivity contribution >= 4 is 11.9 Å². The van der Waals surface area contributed by atoms with E-state index in [2.05, 4.69) is 5.32 Å². The molecule has 1 saturated carbocycles. The topological polar surface area (TPSA) is 92.4 Å². The zero-order valence-electron chi connectivity index (χ0n) is 12.2. The first-order valence-electron chi connectivity index (χ1n) is 7.34. The standard InChI is InChI=1S/C16H22N2O3/c1-10(14(17)11-6-3-2-4-7-11)15(19)18-13-9-5-8-12(13)16(20)21/h2-4,6-7,10,12-14H,5,8-9,17H2,1H3,(H,18,19)(H,20,21). The number of amides is 1. The predicted octanol–water partition coefficient (Wildman–Crippen LogP) is 1.69. The van der Waals surface area contributed by atoms with Crippen LogP contribution in [0.1, 0.15) is 37.8 Å². The maximum atomic E-state index is 12.3. The molecule has 0 aromatic heterocycles. The van der Waals surface area contributed by atoms with Crippen molar-refractivity contribution in [2.75, 3.05) is 0 Å². The molecule has 1 amide bonds. The maximum Gasteiger partial charge on any atom is 0.308 e. The van der Waals surface area contributed by atoms with Crippen LogP contribution in [0.4, 0.5) is 0 Å². The summed E-state index contributed by atoms with van der Waals surface area (Å²) < 4.78 is 0. The van der Waals surface area contributed by atoms with E-state index in [1.165, 1.54) is 0 Å². The maximum absolute atomic E-state index is 12.3. The van der Waals surface area contributed by atoms with Crippen molar-refractivity contribution in [3.8, 4) is 0 Å². The van der Waals surface area contributed by atoms with Gasteiger partial charge in [-0.15, -0.1) is 0 Å². The molecule has 2 rings (SSSR count). The lowest BCUT2D eigenvalue weighted by atomic mass is 9.94. The van der Waals surface area contributed by atoms with Gasteiger partial charge in [-0.1, -0.05) is 43.7 Å². The number of carbonyl (C=O) groups excluding carboxylic acids is 1. The number of benzene rings is 1. The van der Waals surface area contributed by atoms with Gasteiger partial charge in [0, 0.05) is 12.1 Å². The van der Waals surface area contributed by atoms with Gasteiger partial charge in [-0.2, -0.15) is 0 Å². The first-order chi connectivity index (χ1) is 10.0. The molecule has 1 aromatic carbocycles. The number of carboxylic acid groups (broad SMARTS) is 1. The molecular formula is C16H22N2O3. The van der Waals surface area contributed by atoms with Crippen LogP contribution < -0.4 is 11.1 Å². The highest BCUT2D eigenvalue weighted by Gasteiger charge is 2.35. The molecule has 4 atom stereocenters. The number of hydrogen-bond donors (Lipinski definition) is 3. The Balaban J connectivity index is 1.98. The quantitative estimate of drug-likeness (QED) is 0.769. The summed E-state index contributed by atoms with van der Waals surface area (Å²) in [7, 11) is 0. The summed E-state index contributed by atoms with van der Waals surface area (Å²) in [6.45, 7) is 1.78. The number of carbonyl (C=O) groups is 2. The Morgan fingerprint density at radius 3 is 2.57 bits per heavy atom. The monoisotopic (exact) mass is 290 g/mol. The van der Waals surface area contributed by atoms with Gasteiger partial charge in [0.25, 0.3) is 0 Å². The summed E-state index contributed by atoms with van der Waals surface area (Å²) in [5.74, 6) is -1.89. The summed E-state index contributed by atoms with van der Waals surface area (Å²) in [5.41, 5.74) is 7.04. The Morgan fingerprint density at radius 1 is 1.29 bits per heavy atom. The zero-order valence-corrected chi connectivity index (χ0v) is 12.2. The molecule has 1 aliphatic rings. The van der Waals surface area contributed by atoms with E-state index in [0.717, 1.165) is 18.4 Å². The molecule has 0 bridgehead atoms. The van der Waals surface area contributed by atoms with E-state index in [0.29, 0.717) is 6.42 Å². The van der Waals surface area contributed by atoms with Crippen molar-refractivity contribution in [1.82, 2.24) is 5.32 Å². The third kappa shape index (κ3) is 3.61. The smallest absolute Gasteiger partial charge is 0.308 e. The number of nitrogens with two attached hydrogens (primary N) is 1. The normalized spacial score (nSPS) is 24.3. The molecule has 5 heteroatoms. The molecule has 0 radical (unpaired) electrons. The van der Waals surface area contributed by atoms with E-state index in [9.17, 15) is 9.59 Å². The molecule has 0 spiro atoms. The molecule has 0 heterocycles. The fraction of sp³-hybridized carbons (Fsp3) is 0.500. The first kappa shape index (κ1) is 15.5. The molecule has 1 aromatic rings. The molecular weight excluding hydrogens is 268 g/mol. The van der Waals surface area contributed by atoms with Gasteiger partial charge in [0.15, 0.2) is 0 Å². The van der Waals surface area contributed by atoms with E-state index in [4.69, 9.17) is 10.8 Å². The molecule has 114 valence electrons. The summed E-state index contributed by atoms with van der Waals surface area (Å²) >= 11 is 0. The number of carboxylic acids is 1. The minimum Gasteiger partial charge on any atom is -0.481 e. The van der Waals surface area contributed by atoms with Crippen molar-refractivity contribution < 1.29 is 14.7 Å². The van der Waals surface area contributed by atoms with Crippen LogP contribution in [0.15, 0.2) is 30.3 Å². The summed E-state index contributed by atoms with van der Waals surface area (Å²) in [4.78, 5) is 23.4. The van der Waals surface area contributed by atoms with E-state index in [1.54, 1.807) is 6.92 Å². The lowest BCUT2D eigenvalue weighted by molar-refractivity contribution is -0.142. The van der Waals surface area contributed by atoms with Crippen molar-refractivity contribution in [3.05, 3.63) is 35.9 Å².